The maximum Gasteiger partial charge on any atom is 0.308 e. The van der Waals surface area contributed by atoms with Crippen LogP contribution in [0.25, 0.3) is 0 Å². The Morgan fingerprint density at radius 3 is 2.72 bits per heavy atom. The molecule has 0 saturated carbocycles. The highest BCUT2D eigenvalue weighted by atomic mass is 16.5. The zero-order valence-electron chi connectivity index (χ0n) is 10.7. The number of carbonyl (C=O) groups excluding carboxylic acids is 1. The van der Waals surface area contributed by atoms with Crippen LogP contribution in [0.1, 0.15) is 24.8 Å². The normalized spacial score (nSPS) is 12.1. The van der Waals surface area contributed by atoms with E-state index < -0.39 is 6.10 Å². The number of hydrogen-bond acceptors (Lipinski definition) is 4. The molecule has 0 unspecified atom stereocenters. The van der Waals surface area contributed by atoms with E-state index in [4.69, 9.17) is 9.47 Å². The minimum Gasteiger partial charge on any atom is -0.461 e. The zero-order valence-corrected chi connectivity index (χ0v) is 10.7. The number of ether oxygens (including phenoxy) is 2. The number of hydrogen-bond donors (Lipinski definition) is 1. The topological polar surface area (TPSA) is 55.8 Å². The fraction of sp³-hybridized carbons (Fsp3) is 0.500. The van der Waals surface area contributed by atoms with Gasteiger partial charge in [0.25, 0.3) is 0 Å². The van der Waals surface area contributed by atoms with Gasteiger partial charge in [-0.2, -0.15) is 0 Å². The van der Waals surface area contributed by atoms with E-state index in [0.717, 1.165) is 12.0 Å². The van der Waals surface area contributed by atoms with Crippen molar-refractivity contribution in [2.45, 2.75) is 32.0 Å². The molecule has 0 aliphatic rings. The molecule has 100 valence electrons. The Bertz CT molecular complexity index is 337. The first-order valence-corrected chi connectivity index (χ1v) is 6.09. The van der Waals surface area contributed by atoms with Gasteiger partial charge >= 0.3 is 5.97 Å². The molecule has 0 aliphatic heterocycles. The lowest BCUT2D eigenvalue weighted by Crippen LogP contribution is -2.16. The fourth-order valence-electron chi connectivity index (χ4n) is 1.55. The summed E-state index contributed by atoms with van der Waals surface area (Å²) >= 11 is 0. The van der Waals surface area contributed by atoms with Crippen LogP contribution >= 0.6 is 0 Å². The third-order valence-corrected chi connectivity index (χ3v) is 2.53. The molecule has 0 spiro atoms. The second-order valence-corrected chi connectivity index (χ2v) is 4.14. The Hall–Kier alpha value is -1.39. The second kappa shape index (κ2) is 8.66. The molecule has 0 bridgehead atoms. The van der Waals surface area contributed by atoms with Crippen LogP contribution in [0.4, 0.5) is 0 Å². The number of rotatable bonds is 8. The summed E-state index contributed by atoms with van der Waals surface area (Å²) in [6, 6.07) is 9.47. The molecule has 0 heterocycles. The molecular weight excluding hydrogens is 232 g/mol. The third-order valence-electron chi connectivity index (χ3n) is 2.53. The number of esters is 1. The van der Waals surface area contributed by atoms with E-state index in [1.165, 1.54) is 0 Å². The summed E-state index contributed by atoms with van der Waals surface area (Å²) in [7, 11) is 1.61. The van der Waals surface area contributed by atoms with Crippen molar-refractivity contribution in [3.05, 3.63) is 35.9 Å². The predicted molar refractivity (Wildman–Crippen MR) is 68.0 cm³/mol. The van der Waals surface area contributed by atoms with Gasteiger partial charge < -0.3 is 14.6 Å². The summed E-state index contributed by atoms with van der Waals surface area (Å²) in [6.45, 7) is 0.848. The lowest BCUT2D eigenvalue weighted by atomic mass is 10.1. The number of methoxy groups -OCH3 is 1. The van der Waals surface area contributed by atoms with Crippen molar-refractivity contribution in [2.24, 2.45) is 0 Å². The monoisotopic (exact) mass is 252 g/mol. The largest absolute Gasteiger partial charge is 0.461 e. The second-order valence-electron chi connectivity index (χ2n) is 4.14. The average molecular weight is 252 g/mol. The van der Waals surface area contributed by atoms with Crippen LogP contribution in [0.5, 0.6) is 0 Å². The van der Waals surface area contributed by atoms with Gasteiger partial charge in [-0.3, -0.25) is 4.79 Å². The van der Waals surface area contributed by atoms with Gasteiger partial charge in [0.1, 0.15) is 6.61 Å². The molecule has 4 heteroatoms. The lowest BCUT2D eigenvalue weighted by molar-refractivity contribution is -0.147. The molecule has 1 N–H and O–H groups in total. The summed E-state index contributed by atoms with van der Waals surface area (Å²) in [5, 5.41) is 9.59. The number of aliphatic hydroxyl groups excluding tert-OH is 1. The van der Waals surface area contributed by atoms with E-state index in [9.17, 15) is 9.90 Å². The van der Waals surface area contributed by atoms with Crippen LogP contribution < -0.4 is 0 Å². The molecule has 4 nitrogen and oxygen atoms in total. The van der Waals surface area contributed by atoms with E-state index in [1.807, 2.05) is 30.3 Å². The summed E-state index contributed by atoms with van der Waals surface area (Å²) in [4.78, 5) is 11.4. The van der Waals surface area contributed by atoms with Crippen LogP contribution in [0.2, 0.25) is 0 Å². The molecule has 0 fully saturated rings. The molecule has 0 saturated heterocycles. The van der Waals surface area contributed by atoms with Crippen LogP contribution in [-0.2, 0) is 20.9 Å². The van der Waals surface area contributed by atoms with E-state index >= 15 is 0 Å². The van der Waals surface area contributed by atoms with Gasteiger partial charge in [-0.1, -0.05) is 30.3 Å². The number of aliphatic hydroxyl groups is 1. The quantitative estimate of drug-likeness (QED) is 0.567. The van der Waals surface area contributed by atoms with Crippen LogP contribution in [0.3, 0.4) is 0 Å². The minimum absolute atomic E-state index is 0.0382. The Morgan fingerprint density at radius 2 is 2.06 bits per heavy atom. The standard InChI is InChI=1S/C14H20O4/c1-17-9-5-8-13(15)10-14(16)18-11-12-6-3-2-4-7-12/h2-4,6-7,13,15H,5,8-11H2,1H3/t13-/m1/s1. The molecule has 1 aromatic carbocycles. The summed E-state index contributed by atoms with van der Waals surface area (Å²) in [5.74, 6) is -0.372. The van der Waals surface area contributed by atoms with Crippen molar-refractivity contribution >= 4 is 5.97 Å². The first kappa shape index (κ1) is 14.7. The smallest absolute Gasteiger partial charge is 0.308 e. The van der Waals surface area contributed by atoms with Gasteiger partial charge in [0.05, 0.1) is 12.5 Å². The Morgan fingerprint density at radius 1 is 1.33 bits per heavy atom. The van der Waals surface area contributed by atoms with Crippen molar-refractivity contribution < 1.29 is 19.4 Å². The highest BCUT2D eigenvalue weighted by molar-refractivity contribution is 5.69. The van der Waals surface area contributed by atoms with Crippen LogP contribution in [0.15, 0.2) is 30.3 Å². The Kier molecular flexibility index (Phi) is 7.06. The van der Waals surface area contributed by atoms with E-state index in [-0.39, 0.29) is 19.0 Å². The first-order chi connectivity index (χ1) is 8.72. The van der Waals surface area contributed by atoms with Crippen molar-refractivity contribution in [2.75, 3.05) is 13.7 Å². The highest BCUT2D eigenvalue weighted by Gasteiger charge is 2.11. The van der Waals surface area contributed by atoms with Crippen LogP contribution in [-0.4, -0.2) is 30.9 Å². The van der Waals surface area contributed by atoms with Gasteiger partial charge in [-0.05, 0) is 18.4 Å². The molecule has 0 aromatic heterocycles. The molecule has 18 heavy (non-hydrogen) atoms. The highest BCUT2D eigenvalue weighted by Crippen LogP contribution is 2.06. The number of benzene rings is 1. The van der Waals surface area contributed by atoms with Gasteiger partial charge in [0, 0.05) is 13.7 Å². The van der Waals surface area contributed by atoms with Crippen LogP contribution in [0, 0.1) is 0 Å². The van der Waals surface area contributed by atoms with Crippen molar-refractivity contribution in [1.29, 1.82) is 0 Å². The van der Waals surface area contributed by atoms with Gasteiger partial charge in [0.15, 0.2) is 0 Å². The molecule has 1 aromatic rings. The maximum absolute atomic E-state index is 11.4. The SMILES string of the molecule is COCCC[C@@H](O)CC(=O)OCc1ccccc1. The molecule has 1 atom stereocenters. The van der Waals surface area contributed by atoms with Gasteiger partial charge in [-0.25, -0.2) is 0 Å². The van der Waals surface area contributed by atoms with Crippen molar-refractivity contribution in [3.8, 4) is 0 Å². The van der Waals surface area contributed by atoms with E-state index in [1.54, 1.807) is 7.11 Å². The lowest BCUT2D eigenvalue weighted by Gasteiger charge is -2.10. The van der Waals surface area contributed by atoms with Gasteiger partial charge in [-0.15, -0.1) is 0 Å². The molecule has 0 aliphatic carbocycles. The zero-order chi connectivity index (χ0) is 13.2. The Balaban J connectivity index is 2.17. The summed E-state index contributed by atoms with van der Waals surface area (Å²) in [6.07, 6.45) is 0.678. The molecule has 0 radical (unpaired) electrons. The molecule has 0 amide bonds. The molecule has 1 rings (SSSR count). The third kappa shape index (κ3) is 6.37. The predicted octanol–water partition coefficient (Wildman–Crippen LogP) is 1.91. The fourth-order valence-corrected chi connectivity index (χ4v) is 1.55. The van der Waals surface area contributed by atoms with E-state index in [2.05, 4.69) is 0 Å². The van der Waals surface area contributed by atoms with Crippen molar-refractivity contribution in [3.63, 3.8) is 0 Å². The summed E-state index contributed by atoms with van der Waals surface area (Å²) in [5.41, 5.74) is 0.944. The minimum atomic E-state index is -0.650. The van der Waals surface area contributed by atoms with Crippen molar-refractivity contribution in [1.82, 2.24) is 0 Å². The first-order valence-electron chi connectivity index (χ1n) is 6.09. The summed E-state index contributed by atoms with van der Waals surface area (Å²) < 4.78 is 9.95. The average Bonchev–Trinajstić information content (AvgIpc) is 2.38. The molecular formula is C14H20O4. The maximum atomic E-state index is 11.4. The van der Waals surface area contributed by atoms with Gasteiger partial charge in [0.2, 0.25) is 0 Å². The number of carbonyl (C=O) groups is 1. The Labute approximate surface area is 108 Å². The van der Waals surface area contributed by atoms with E-state index in [0.29, 0.717) is 13.0 Å².